The third kappa shape index (κ3) is 1.67. The summed E-state index contributed by atoms with van der Waals surface area (Å²) in [5.74, 6) is 3.81. The normalized spacial score (nSPS) is 19.5. The first kappa shape index (κ1) is 10.5. The van der Waals surface area contributed by atoms with E-state index in [2.05, 4.69) is 5.32 Å². The van der Waals surface area contributed by atoms with E-state index < -0.39 is 23.4 Å². The zero-order chi connectivity index (χ0) is 10.9. The van der Waals surface area contributed by atoms with Crippen LogP contribution < -0.4 is 16.6 Å². The maximum absolute atomic E-state index is 11.5. The van der Waals surface area contributed by atoms with E-state index in [1.54, 1.807) is 13.8 Å². The molecule has 7 heteroatoms. The predicted octanol–water partition coefficient (Wildman–Crippen LogP) is -1.69. The molecule has 0 radical (unpaired) electrons. The molecule has 1 rings (SSSR count). The maximum Gasteiger partial charge on any atom is 0.325 e. The van der Waals surface area contributed by atoms with Crippen molar-refractivity contribution in [1.82, 2.24) is 15.6 Å². The van der Waals surface area contributed by atoms with Gasteiger partial charge in [-0.05, 0) is 13.8 Å². The molecule has 0 bridgehead atoms. The fourth-order valence-electron chi connectivity index (χ4n) is 1.15. The number of imide groups is 1. The highest BCUT2D eigenvalue weighted by Crippen LogP contribution is 2.15. The topological polar surface area (TPSA) is 105 Å². The molecule has 0 aromatic heterocycles. The first-order valence-corrected chi connectivity index (χ1v) is 4.02. The van der Waals surface area contributed by atoms with Crippen LogP contribution in [0.2, 0.25) is 0 Å². The number of hydrogen-bond acceptors (Lipinski definition) is 4. The lowest BCUT2D eigenvalue weighted by Gasteiger charge is -2.14. The number of nitrogens with two attached hydrogens (primary N) is 1. The molecular weight excluding hydrogens is 188 g/mol. The smallest absolute Gasteiger partial charge is 0.324 e. The highest BCUT2D eigenvalue weighted by molar-refractivity contribution is 6.08. The highest BCUT2D eigenvalue weighted by Gasteiger charge is 2.44. The second-order valence-corrected chi connectivity index (χ2v) is 3.51. The molecule has 0 unspecified atom stereocenters. The van der Waals surface area contributed by atoms with Gasteiger partial charge in [-0.15, -0.1) is 0 Å². The molecule has 0 spiro atoms. The van der Waals surface area contributed by atoms with Crippen molar-refractivity contribution in [2.45, 2.75) is 19.4 Å². The zero-order valence-electron chi connectivity index (χ0n) is 7.96. The van der Waals surface area contributed by atoms with Crippen LogP contribution in [0.1, 0.15) is 13.8 Å². The monoisotopic (exact) mass is 200 g/mol. The number of amides is 4. The molecule has 7 nitrogen and oxygen atoms in total. The van der Waals surface area contributed by atoms with Crippen molar-refractivity contribution in [3.8, 4) is 0 Å². The van der Waals surface area contributed by atoms with E-state index in [-0.39, 0.29) is 6.54 Å². The van der Waals surface area contributed by atoms with E-state index in [0.717, 1.165) is 4.90 Å². The van der Waals surface area contributed by atoms with Crippen LogP contribution in [0.4, 0.5) is 4.79 Å². The van der Waals surface area contributed by atoms with Crippen LogP contribution >= 0.6 is 0 Å². The molecule has 0 aliphatic carbocycles. The lowest BCUT2D eigenvalue weighted by atomic mass is 10.1. The Hall–Kier alpha value is -1.63. The van der Waals surface area contributed by atoms with E-state index in [1.807, 2.05) is 5.43 Å². The number of nitrogens with one attached hydrogen (secondary N) is 2. The van der Waals surface area contributed by atoms with Gasteiger partial charge < -0.3 is 5.32 Å². The van der Waals surface area contributed by atoms with Gasteiger partial charge in [0.05, 0.1) is 0 Å². The highest BCUT2D eigenvalue weighted by atomic mass is 16.2. The number of urea groups is 1. The summed E-state index contributed by atoms with van der Waals surface area (Å²) in [5.41, 5.74) is 0.895. The van der Waals surface area contributed by atoms with Crippen LogP contribution in [0.25, 0.3) is 0 Å². The van der Waals surface area contributed by atoms with E-state index >= 15 is 0 Å². The largest absolute Gasteiger partial charge is 0.325 e. The van der Waals surface area contributed by atoms with E-state index in [1.165, 1.54) is 0 Å². The second kappa shape index (κ2) is 3.26. The first-order valence-electron chi connectivity index (χ1n) is 4.02. The molecule has 1 aliphatic rings. The molecule has 4 N–H and O–H groups in total. The average Bonchev–Trinajstić information content (AvgIpc) is 2.28. The Kier molecular flexibility index (Phi) is 2.43. The summed E-state index contributed by atoms with van der Waals surface area (Å²) in [6.45, 7) is 2.77. The van der Waals surface area contributed by atoms with Crippen molar-refractivity contribution in [3.05, 3.63) is 0 Å². The van der Waals surface area contributed by atoms with Crippen molar-refractivity contribution >= 4 is 17.8 Å². The summed E-state index contributed by atoms with van der Waals surface area (Å²) in [7, 11) is 0. The number of carbonyl (C=O) groups is 3. The summed E-state index contributed by atoms with van der Waals surface area (Å²) < 4.78 is 0. The Balaban J connectivity index is 2.76. The first-order chi connectivity index (χ1) is 6.38. The van der Waals surface area contributed by atoms with Gasteiger partial charge in [0.2, 0.25) is 0 Å². The molecule has 14 heavy (non-hydrogen) atoms. The van der Waals surface area contributed by atoms with Gasteiger partial charge in [-0.1, -0.05) is 0 Å². The summed E-state index contributed by atoms with van der Waals surface area (Å²) in [4.78, 5) is 34.4. The lowest BCUT2D eigenvalue weighted by molar-refractivity contribution is -0.134. The van der Waals surface area contributed by atoms with Crippen molar-refractivity contribution in [2.24, 2.45) is 5.84 Å². The molecular formula is C7H12N4O3. The van der Waals surface area contributed by atoms with Gasteiger partial charge >= 0.3 is 6.03 Å². The fraction of sp³-hybridized carbons (Fsp3) is 0.571. The van der Waals surface area contributed by atoms with Crippen molar-refractivity contribution in [1.29, 1.82) is 0 Å². The molecule has 1 aliphatic heterocycles. The van der Waals surface area contributed by atoms with Gasteiger partial charge in [0.1, 0.15) is 12.1 Å². The minimum Gasteiger partial charge on any atom is -0.324 e. The number of carbonyl (C=O) groups excluding carboxylic acids is 3. The van der Waals surface area contributed by atoms with Crippen LogP contribution in [0.3, 0.4) is 0 Å². The third-order valence-electron chi connectivity index (χ3n) is 1.91. The van der Waals surface area contributed by atoms with Crippen LogP contribution in [0, 0.1) is 0 Å². The number of hydrogen-bond donors (Lipinski definition) is 3. The quantitative estimate of drug-likeness (QED) is 0.214. The minimum absolute atomic E-state index is 0.357. The van der Waals surface area contributed by atoms with Gasteiger partial charge in [-0.25, -0.2) is 10.6 Å². The number of rotatable bonds is 2. The van der Waals surface area contributed by atoms with Crippen LogP contribution in [-0.4, -0.2) is 34.8 Å². The van der Waals surface area contributed by atoms with E-state index in [0.29, 0.717) is 0 Å². The maximum atomic E-state index is 11.5. The fourth-order valence-corrected chi connectivity index (χ4v) is 1.15. The standard InChI is InChI=1S/C7H12N4O3/c1-7(2)5(13)11(6(14)9-7)3-4(12)10-8/h3,8H2,1-2H3,(H,9,14)(H,10,12). The zero-order valence-corrected chi connectivity index (χ0v) is 7.96. The van der Waals surface area contributed by atoms with Gasteiger partial charge in [-0.3, -0.25) is 19.9 Å². The van der Waals surface area contributed by atoms with Gasteiger partial charge in [0.25, 0.3) is 11.8 Å². The molecule has 0 aromatic rings. The SMILES string of the molecule is CC1(C)NC(=O)N(CC(=O)NN)C1=O. The van der Waals surface area contributed by atoms with Crippen LogP contribution in [0.5, 0.6) is 0 Å². The van der Waals surface area contributed by atoms with Gasteiger partial charge in [0.15, 0.2) is 0 Å². The van der Waals surface area contributed by atoms with Crippen molar-refractivity contribution in [3.63, 3.8) is 0 Å². The average molecular weight is 200 g/mol. The molecule has 0 atom stereocenters. The van der Waals surface area contributed by atoms with Crippen molar-refractivity contribution in [2.75, 3.05) is 6.54 Å². The summed E-state index contributed by atoms with van der Waals surface area (Å²) in [5, 5.41) is 2.44. The summed E-state index contributed by atoms with van der Waals surface area (Å²) in [6.07, 6.45) is 0. The Morgan fingerprint density at radius 2 is 2.14 bits per heavy atom. The summed E-state index contributed by atoms with van der Waals surface area (Å²) >= 11 is 0. The summed E-state index contributed by atoms with van der Waals surface area (Å²) in [6, 6.07) is -0.580. The Morgan fingerprint density at radius 1 is 1.57 bits per heavy atom. The van der Waals surface area contributed by atoms with Crippen molar-refractivity contribution < 1.29 is 14.4 Å². The van der Waals surface area contributed by atoms with Crippen LogP contribution in [0.15, 0.2) is 0 Å². The van der Waals surface area contributed by atoms with Gasteiger partial charge in [-0.2, -0.15) is 0 Å². The van der Waals surface area contributed by atoms with Gasteiger partial charge in [0, 0.05) is 0 Å². The van der Waals surface area contributed by atoms with E-state index in [9.17, 15) is 14.4 Å². The second-order valence-electron chi connectivity index (χ2n) is 3.51. The van der Waals surface area contributed by atoms with E-state index in [4.69, 9.17) is 5.84 Å². The molecule has 0 saturated carbocycles. The Morgan fingerprint density at radius 3 is 2.50 bits per heavy atom. The minimum atomic E-state index is -0.952. The molecule has 0 aromatic carbocycles. The molecule has 1 heterocycles. The third-order valence-corrected chi connectivity index (χ3v) is 1.91. The molecule has 4 amide bonds. The predicted molar refractivity (Wildman–Crippen MR) is 46.7 cm³/mol. The molecule has 1 fully saturated rings. The molecule has 1 saturated heterocycles. The Bertz CT molecular complexity index is 299. The van der Waals surface area contributed by atoms with Crippen LogP contribution in [-0.2, 0) is 9.59 Å². The number of hydrazine groups is 1. The Labute approximate surface area is 80.6 Å². The lowest BCUT2D eigenvalue weighted by Crippen LogP contribution is -2.44. The molecule has 78 valence electrons. The number of nitrogens with zero attached hydrogens (tertiary/aromatic N) is 1.